The molecule has 2 rings (SSSR count). The Balaban J connectivity index is 2.51. The zero-order chi connectivity index (χ0) is 11.7. The van der Waals surface area contributed by atoms with Gasteiger partial charge in [-0.05, 0) is 34.7 Å². The first-order valence-electron chi connectivity index (χ1n) is 5.13. The zero-order valence-corrected chi connectivity index (χ0v) is 10.2. The molecular weight excluding hydrogens is 276 g/mol. The van der Waals surface area contributed by atoms with Crippen LogP contribution in [-0.4, -0.2) is 28.5 Å². The minimum Gasteiger partial charge on any atom is -0.507 e. The van der Waals surface area contributed by atoms with Crippen molar-refractivity contribution in [3.8, 4) is 17.2 Å². The predicted molar refractivity (Wildman–Crippen MR) is 62.0 cm³/mol. The molecule has 0 aromatic heterocycles. The molecule has 16 heavy (non-hydrogen) atoms. The summed E-state index contributed by atoms with van der Waals surface area (Å²) >= 11 is 3.23. The molecular formula is C11H13BrO4. The Kier molecular flexibility index (Phi) is 3.25. The molecule has 5 heteroatoms. The Morgan fingerprint density at radius 3 is 2.81 bits per heavy atom. The van der Waals surface area contributed by atoms with Crippen LogP contribution in [0, 0.1) is 0 Å². The van der Waals surface area contributed by atoms with Gasteiger partial charge >= 0.3 is 0 Å². The summed E-state index contributed by atoms with van der Waals surface area (Å²) in [5.74, 6) is 0.544. The predicted octanol–water partition coefficient (Wildman–Crippen LogP) is 2.11. The third-order valence-electron chi connectivity index (χ3n) is 2.82. The number of phenolic OH excluding ortho intramolecular Hbond substituents is 2. The van der Waals surface area contributed by atoms with E-state index in [-0.39, 0.29) is 24.0 Å². The van der Waals surface area contributed by atoms with Crippen LogP contribution in [0.5, 0.6) is 17.2 Å². The minimum atomic E-state index is -0.0408. The number of aliphatic hydroxyl groups excluding tert-OH is 1. The van der Waals surface area contributed by atoms with E-state index >= 15 is 0 Å². The number of phenols is 2. The molecule has 0 unspecified atom stereocenters. The number of hydrogen-bond acceptors (Lipinski definition) is 4. The lowest BCUT2D eigenvalue weighted by Crippen LogP contribution is -2.16. The van der Waals surface area contributed by atoms with Gasteiger partial charge in [0.25, 0.3) is 0 Å². The van der Waals surface area contributed by atoms with Crippen molar-refractivity contribution in [1.82, 2.24) is 0 Å². The van der Waals surface area contributed by atoms with Crippen molar-refractivity contribution in [2.75, 3.05) is 13.2 Å². The van der Waals surface area contributed by atoms with Crippen LogP contribution in [0.3, 0.4) is 0 Å². The number of halogens is 1. The van der Waals surface area contributed by atoms with Gasteiger partial charge in [-0.1, -0.05) is 0 Å². The van der Waals surface area contributed by atoms with Crippen LogP contribution in [0.15, 0.2) is 10.5 Å². The molecule has 88 valence electrons. The van der Waals surface area contributed by atoms with E-state index in [1.807, 2.05) is 0 Å². The molecule has 4 nitrogen and oxygen atoms in total. The summed E-state index contributed by atoms with van der Waals surface area (Å²) in [6.45, 7) is 0.598. The number of aromatic hydroxyl groups is 2. The van der Waals surface area contributed by atoms with E-state index in [0.717, 1.165) is 6.42 Å². The van der Waals surface area contributed by atoms with E-state index in [9.17, 15) is 10.2 Å². The Morgan fingerprint density at radius 2 is 2.12 bits per heavy atom. The van der Waals surface area contributed by atoms with Crippen LogP contribution in [0.25, 0.3) is 0 Å². The van der Waals surface area contributed by atoms with Gasteiger partial charge in [0.15, 0.2) is 0 Å². The number of fused-ring (bicyclic) bond motifs is 1. The second kappa shape index (κ2) is 4.51. The molecule has 1 atom stereocenters. The smallest absolute Gasteiger partial charge is 0.144 e. The second-order valence-corrected chi connectivity index (χ2v) is 4.61. The lowest BCUT2D eigenvalue weighted by molar-refractivity contribution is 0.224. The first-order chi connectivity index (χ1) is 7.65. The molecule has 0 radical (unpaired) electrons. The monoisotopic (exact) mass is 288 g/mol. The average molecular weight is 289 g/mol. The molecule has 0 spiro atoms. The Bertz CT molecular complexity index is 405. The van der Waals surface area contributed by atoms with E-state index in [2.05, 4.69) is 15.9 Å². The van der Waals surface area contributed by atoms with Gasteiger partial charge in [-0.25, -0.2) is 0 Å². The van der Waals surface area contributed by atoms with Crippen LogP contribution >= 0.6 is 15.9 Å². The summed E-state index contributed by atoms with van der Waals surface area (Å²) in [5.41, 5.74) is 0.671. The Morgan fingerprint density at radius 1 is 1.38 bits per heavy atom. The molecule has 0 aliphatic carbocycles. The van der Waals surface area contributed by atoms with Crippen LogP contribution in [0.2, 0.25) is 0 Å². The fourth-order valence-corrected chi connectivity index (χ4v) is 2.49. The molecule has 1 aliphatic heterocycles. The normalized spacial score (nSPS) is 19.0. The van der Waals surface area contributed by atoms with Crippen molar-refractivity contribution < 1.29 is 20.1 Å². The van der Waals surface area contributed by atoms with E-state index < -0.39 is 0 Å². The number of benzene rings is 1. The van der Waals surface area contributed by atoms with E-state index in [4.69, 9.17) is 9.84 Å². The molecule has 0 saturated heterocycles. The molecule has 1 aromatic carbocycles. The molecule has 1 heterocycles. The van der Waals surface area contributed by atoms with Crippen molar-refractivity contribution in [2.24, 2.45) is 0 Å². The highest BCUT2D eigenvalue weighted by Gasteiger charge is 2.28. The van der Waals surface area contributed by atoms with Crippen molar-refractivity contribution in [3.63, 3.8) is 0 Å². The third kappa shape index (κ3) is 1.85. The molecule has 1 aliphatic rings. The minimum absolute atomic E-state index is 0.0221. The summed E-state index contributed by atoms with van der Waals surface area (Å²) in [6, 6.07) is 1.29. The van der Waals surface area contributed by atoms with Crippen LogP contribution < -0.4 is 4.74 Å². The highest BCUT2D eigenvalue weighted by molar-refractivity contribution is 9.10. The van der Waals surface area contributed by atoms with Gasteiger partial charge in [-0.3, -0.25) is 0 Å². The third-order valence-corrected chi connectivity index (χ3v) is 3.58. The molecule has 0 fully saturated rings. The lowest BCUT2D eigenvalue weighted by atomic mass is 9.89. The second-order valence-electron chi connectivity index (χ2n) is 3.82. The van der Waals surface area contributed by atoms with Crippen LogP contribution in [0.1, 0.15) is 24.3 Å². The number of ether oxygens (including phenoxy) is 1. The maximum atomic E-state index is 9.82. The highest BCUT2D eigenvalue weighted by atomic mass is 79.9. The number of rotatable bonds is 2. The zero-order valence-electron chi connectivity index (χ0n) is 8.61. The lowest BCUT2D eigenvalue weighted by Gasteiger charge is -2.27. The van der Waals surface area contributed by atoms with Gasteiger partial charge < -0.3 is 20.1 Å². The molecule has 0 amide bonds. The van der Waals surface area contributed by atoms with Gasteiger partial charge in [-0.2, -0.15) is 0 Å². The molecule has 3 N–H and O–H groups in total. The molecule has 0 bridgehead atoms. The van der Waals surface area contributed by atoms with Crippen molar-refractivity contribution >= 4 is 15.9 Å². The Labute approximate surface area is 102 Å². The summed E-state index contributed by atoms with van der Waals surface area (Å²) in [6.07, 6.45) is 1.35. The standard InChI is InChI=1S/C11H13BrO4/c12-10-8(15)5-7(14)9-6(1-3-13)2-4-16-11(9)10/h5-6,13-15H,1-4H2/t6-/m1/s1. The topological polar surface area (TPSA) is 69.9 Å². The average Bonchev–Trinajstić information content (AvgIpc) is 2.26. The number of aliphatic hydroxyl groups is 1. The van der Waals surface area contributed by atoms with Crippen LogP contribution in [0.4, 0.5) is 0 Å². The van der Waals surface area contributed by atoms with Crippen molar-refractivity contribution in [1.29, 1.82) is 0 Å². The SMILES string of the molecule is OCC[C@@H]1CCOc2c(Br)c(O)cc(O)c21. The number of hydrogen-bond donors (Lipinski definition) is 3. The van der Waals surface area contributed by atoms with Gasteiger partial charge in [0.2, 0.25) is 0 Å². The van der Waals surface area contributed by atoms with Gasteiger partial charge in [0.1, 0.15) is 21.7 Å². The largest absolute Gasteiger partial charge is 0.507 e. The van der Waals surface area contributed by atoms with Crippen LogP contribution in [-0.2, 0) is 0 Å². The van der Waals surface area contributed by atoms with E-state index in [0.29, 0.717) is 28.8 Å². The summed E-state index contributed by atoms with van der Waals surface area (Å²) in [5, 5.41) is 28.3. The highest BCUT2D eigenvalue weighted by Crippen LogP contribution is 2.48. The van der Waals surface area contributed by atoms with E-state index in [1.165, 1.54) is 6.07 Å². The van der Waals surface area contributed by atoms with Gasteiger partial charge in [0.05, 0.1) is 6.61 Å². The Hall–Kier alpha value is -0.940. The molecule has 1 aromatic rings. The fraction of sp³-hybridized carbons (Fsp3) is 0.455. The summed E-state index contributed by atoms with van der Waals surface area (Å²) < 4.78 is 5.91. The fourth-order valence-electron chi connectivity index (χ4n) is 2.05. The van der Waals surface area contributed by atoms with Gasteiger partial charge in [-0.15, -0.1) is 0 Å². The van der Waals surface area contributed by atoms with E-state index in [1.54, 1.807) is 0 Å². The van der Waals surface area contributed by atoms with Crippen molar-refractivity contribution in [3.05, 3.63) is 16.1 Å². The van der Waals surface area contributed by atoms with Gasteiger partial charge in [0, 0.05) is 18.2 Å². The summed E-state index contributed by atoms with van der Waals surface area (Å²) in [4.78, 5) is 0. The quantitative estimate of drug-likeness (QED) is 0.780. The first-order valence-corrected chi connectivity index (χ1v) is 5.92. The first kappa shape index (κ1) is 11.5. The maximum absolute atomic E-state index is 9.82. The van der Waals surface area contributed by atoms with Crippen molar-refractivity contribution in [2.45, 2.75) is 18.8 Å². The molecule has 0 saturated carbocycles. The summed E-state index contributed by atoms with van der Waals surface area (Å²) in [7, 11) is 0. The maximum Gasteiger partial charge on any atom is 0.144 e.